The van der Waals surface area contributed by atoms with Gasteiger partial charge in [-0.05, 0) is 42.7 Å². The summed E-state index contributed by atoms with van der Waals surface area (Å²) in [6.07, 6.45) is 2.51. The molecule has 0 atom stereocenters. The number of fused-ring (bicyclic) bond motifs is 1. The topological polar surface area (TPSA) is 56.7 Å². The molecule has 0 aliphatic carbocycles. The quantitative estimate of drug-likeness (QED) is 0.796. The van der Waals surface area contributed by atoms with E-state index in [1.54, 1.807) is 18.3 Å². The van der Waals surface area contributed by atoms with E-state index in [1.165, 1.54) is 12.1 Å². The average molecular weight is 270 g/mol. The van der Waals surface area contributed by atoms with Crippen LogP contribution >= 0.6 is 0 Å². The van der Waals surface area contributed by atoms with E-state index in [0.717, 1.165) is 28.7 Å². The number of nitrogens with zero attached hydrogens (tertiary/aromatic N) is 3. The first kappa shape index (κ1) is 12.6. The van der Waals surface area contributed by atoms with Crippen LogP contribution in [0.15, 0.2) is 36.5 Å². The number of nitrogens with two attached hydrogens (primary N) is 1. The van der Waals surface area contributed by atoms with E-state index in [4.69, 9.17) is 5.73 Å². The number of hydrogen-bond acceptors (Lipinski definition) is 3. The number of pyridine rings is 1. The first-order valence-corrected chi connectivity index (χ1v) is 6.47. The third-order valence-electron chi connectivity index (χ3n) is 3.40. The van der Waals surface area contributed by atoms with Gasteiger partial charge >= 0.3 is 0 Å². The molecule has 3 aromatic rings. The fourth-order valence-corrected chi connectivity index (χ4v) is 2.27. The Kier molecular flexibility index (Phi) is 3.10. The summed E-state index contributed by atoms with van der Waals surface area (Å²) in [5.74, 6) is 0.238. The zero-order valence-corrected chi connectivity index (χ0v) is 11.2. The lowest BCUT2D eigenvalue weighted by Crippen LogP contribution is -2.06. The lowest BCUT2D eigenvalue weighted by atomic mass is 10.1. The number of halogens is 1. The van der Waals surface area contributed by atoms with E-state index < -0.39 is 0 Å². The monoisotopic (exact) mass is 270 g/mol. The smallest absolute Gasteiger partial charge is 0.202 e. The third-order valence-corrected chi connectivity index (χ3v) is 3.40. The van der Waals surface area contributed by atoms with Gasteiger partial charge in [0.25, 0.3) is 0 Å². The first-order valence-electron chi connectivity index (χ1n) is 6.47. The number of nitrogen functional groups attached to an aromatic ring is 1. The molecule has 3 rings (SSSR count). The number of aryl methyl sites for hydroxylation is 3. The van der Waals surface area contributed by atoms with Gasteiger partial charge in [0.05, 0.1) is 0 Å². The highest BCUT2D eigenvalue weighted by Gasteiger charge is 2.10. The zero-order valence-electron chi connectivity index (χ0n) is 11.2. The second-order valence-electron chi connectivity index (χ2n) is 4.80. The van der Waals surface area contributed by atoms with Crippen molar-refractivity contribution in [2.45, 2.75) is 19.9 Å². The van der Waals surface area contributed by atoms with Crippen LogP contribution in [0.2, 0.25) is 0 Å². The maximum absolute atomic E-state index is 12.9. The first-order chi connectivity index (χ1) is 9.65. The molecule has 5 heteroatoms. The lowest BCUT2D eigenvalue weighted by Gasteiger charge is -2.06. The van der Waals surface area contributed by atoms with Crippen LogP contribution in [-0.2, 0) is 13.0 Å². The van der Waals surface area contributed by atoms with Gasteiger partial charge in [-0.25, -0.2) is 14.4 Å². The van der Waals surface area contributed by atoms with Crippen LogP contribution in [0.1, 0.15) is 11.1 Å². The van der Waals surface area contributed by atoms with Crippen molar-refractivity contribution in [3.8, 4) is 0 Å². The van der Waals surface area contributed by atoms with Gasteiger partial charge < -0.3 is 5.73 Å². The Morgan fingerprint density at radius 2 is 1.95 bits per heavy atom. The molecule has 0 aliphatic heterocycles. The molecule has 0 amide bonds. The molecule has 102 valence electrons. The number of rotatable bonds is 3. The Morgan fingerprint density at radius 1 is 1.20 bits per heavy atom. The third kappa shape index (κ3) is 2.22. The minimum atomic E-state index is -0.223. The molecule has 0 saturated carbocycles. The van der Waals surface area contributed by atoms with Crippen molar-refractivity contribution < 1.29 is 4.39 Å². The number of hydrogen-bond donors (Lipinski definition) is 1. The Bertz CT molecular complexity index is 746. The van der Waals surface area contributed by atoms with Crippen LogP contribution in [0.25, 0.3) is 11.2 Å². The molecule has 2 heterocycles. The molecule has 20 heavy (non-hydrogen) atoms. The largest absolute Gasteiger partial charge is 0.369 e. The van der Waals surface area contributed by atoms with Gasteiger partial charge in [-0.3, -0.25) is 4.57 Å². The highest BCUT2D eigenvalue weighted by Crippen LogP contribution is 2.19. The van der Waals surface area contributed by atoms with Gasteiger partial charge in [0.15, 0.2) is 5.65 Å². The highest BCUT2D eigenvalue weighted by atomic mass is 19.1. The van der Waals surface area contributed by atoms with Crippen molar-refractivity contribution in [1.29, 1.82) is 0 Å². The molecule has 0 saturated heterocycles. The van der Waals surface area contributed by atoms with Gasteiger partial charge in [0, 0.05) is 12.7 Å². The van der Waals surface area contributed by atoms with Gasteiger partial charge in [0.1, 0.15) is 11.3 Å². The van der Waals surface area contributed by atoms with E-state index in [-0.39, 0.29) is 5.82 Å². The standard InChI is InChI=1S/C15H15FN4/c1-10-6-8-18-14-13(10)19-15(17)20(14)9-7-11-2-4-12(16)5-3-11/h2-6,8H,7,9H2,1H3,(H2,17,19). The second-order valence-corrected chi connectivity index (χ2v) is 4.80. The SMILES string of the molecule is Cc1ccnc2c1nc(N)n2CCc1ccc(F)cc1. The summed E-state index contributed by atoms with van der Waals surface area (Å²) in [5.41, 5.74) is 9.71. The van der Waals surface area contributed by atoms with Crippen LogP contribution in [-0.4, -0.2) is 14.5 Å². The molecule has 0 aliphatic rings. The van der Waals surface area contributed by atoms with Crippen molar-refractivity contribution >= 4 is 17.1 Å². The average Bonchev–Trinajstić information content (AvgIpc) is 2.76. The van der Waals surface area contributed by atoms with Crippen LogP contribution < -0.4 is 5.73 Å². The van der Waals surface area contributed by atoms with E-state index in [2.05, 4.69) is 9.97 Å². The summed E-state index contributed by atoms with van der Waals surface area (Å²) in [5, 5.41) is 0. The highest BCUT2D eigenvalue weighted by molar-refractivity contribution is 5.77. The van der Waals surface area contributed by atoms with Gasteiger partial charge in [-0.15, -0.1) is 0 Å². The van der Waals surface area contributed by atoms with Crippen molar-refractivity contribution in [3.05, 3.63) is 53.5 Å². The van der Waals surface area contributed by atoms with Crippen LogP contribution in [0.3, 0.4) is 0 Å². The van der Waals surface area contributed by atoms with Gasteiger partial charge in [-0.2, -0.15) is 0 Å². The summed E-state index contributed by atoms with van der Waals surface area (Å²) in [6, 6.07) is 8.41. The normalized spacial score (nSPS) is 11.1. The number of anilines is 1. The maximum Gasteiger partial charge on any atom is 0.202 e. The fraction of sp³-hybridized carbons (Fsp3) is 0.200. The molecule has 2 aromatic heterocycles. The molecule has 0 unspecified atom stereocenters. The molecule has 0 radical (unpaired) electrons. The Morgan fingerprint density at radius 3 is 2.70 bits per heavy atom. The molecule has 0 bridgehead atoms. The maximum atomic E-state index is 12.9. The summed E-state index contributed by atoms with van der Waals surface area (Å²) in [6.45, 7) is 2.66. The molecular formula is C15H15FN4. The molecule has 0 fully saturated rings. The van der Waals surface area contributed by atoms with Crippen LogP contribution in [0.5, 0.6) is 0 Å². The zero-order chi connectivity index (χ0) is 14.1. The van der Waals surface area contributed by atoms with E-state index in [9.17, 15) is 4.39 Å². The molecular weight excluding hydrogens is 255 g/mol. The summed E-state index contributed by atoms with van der Waals surface area (Å²) in [7, 11) is 0. The van der Waals surface area contributed by atoms with E-state index >= 15 is 0 Å². The minimum Gasteiger partial charge on any atom is -0.369 e. The fourth-order valence-electron chi connectivity index (χ4n) is 2.27. The molecule has 1 aromatic carbocycles. The summed E-state index contributed by atoms with van der Waals surface area (Å²) >= 11 is 0. The molecule has 0 spiro atoms. The number of aromatic nitrogens is 3. The van der Waals surface area contributed by atoms with Crippen molar-refractivity contribution in [1.82, 2.24) is 14.5 Å². The van der Waals surface area contributed by atoms with Crippen molar-refractivity contribution in [2.24, 2.45) is 0 Å². The van der Waals surface area contributed by atoms with Crippen molar-refractivity contribution in [2.75, 3.05) is 5.73 Å². The van der Waals surface area contributed by atoms with E-state index in [1.807, 2.05) is 17.6 Å². The summed E-state index contributed by atoms with van der Waals surface area (Å²) in [4.78, 5) is 8.71. The van der Waals surface area contributed by atoms with Crippen molar-refractivity contribution in [3.63, 3.8) is 0 Å². The number of benzene rings is 1. The Balaban J connectivity index is 1.89. The lowest BCUT2D eigenvalue weighted by molar-refractivity contribution is 0.626. The Hall–Kier alpha value is -2.43. The van der Waals surface area contributed by atoms with Crippen LogP contribution in [0.4, 0.5) is 10.3 Å². The second kappa shape index (κ2) is 4.92. The molecule has 4 nitrogen and oxygen atoms in total. The predicted octanol–water partition coefficient (Wildman–Crippen LogP) is 2.70. The Labute approximate surface area is 116 Å². The minimum absolute atomic E-state index is 0.223. The number of imidazole rings is 1. The van der Waals surface area contributed by atoms with Crippen LogP contribution in [0, 0.1) is 12.7 Å². The van der Waals surface area contributed by atoms with E-state index in [0.29, 0.717) is 12.5 Å². The van der Waals surface area contributed by atoms with Gasteiger partial charge in [-0.1, -0.05) is 12.1 Å². The summed E-state index contributed by atoms with van der Waals surface area (Å²) < 4.78 is 14.8. The predicted molar refractivity (Wildman–Crippen MR) is 76.8 cm³/mol. The van der Waals surface area contributed by atoms with Gasteiger partial charge in [0.2, 0.25) is 5.95 Å². The molecule has 2 N–H and O–H groups in total.